The molecule has 12 nitrogen and oxygen atoms in total. The van der Waals surface area contributed by atoms with Gasteiger partial charge in [0.2, 0.25) is 0 Å². The van der Waals surface area contributed by atoms with Crippen LogP contribution in [0, 0.1) is 0 Å². The molecule has 176 valence electrons. The highest BCUT2D eigenvalue weighted by molar-refractivity contribution is 6.14. The molecule has 0 spiro atoms. The number of nitrogens with zero attached hydrogens (tertiary/aromatic N) is 5. The molecule has 1 aliphatic carbocycles. The third-order valence-corrected chi connectivity index (χ3v) is 5.70. The van der Waals surface area contributed by atoms with E-state index in [2.05, 4.69) is 31.3 Å². The molecule has 4 aromatic rings. The van der Waals surface area contributed by atoms with Gasteiger partial charge in [0.15, 0.2) is 5.65 Å². The summed E-state index contributed by atoms with van der Waals surface area (Å²) in [7, 11) is 1.61. The maximum atomic E-state index is 12.0. The SMILES string of the molecule is COc1cc(-n2ccnc2)ccc1Nc1cc(NC2CC2)n2ncc(/C=C3\NC(=O)NC3=O)c2n1. The second-order valence-electron chi connectivity index (χ2n) is 8.23. The number of carbonyl (C=O) groups excluding carboxylic acids is 2. The minimum atomic E-state index is -0.560. The van der Waals surface area contributed by atoms with Gasteiger partial charge < -0.3 is 25.3 Å². The van der Waals surface area contributed by atoms with Crippen molar-refractivity contribution in [1.29, 1.82) is 0 Å². The lowest BCUT2D eigenvalue weighted by atomic mass is 10.2. The molecule has 0 bridgehead atoms. The quantitative estimate of drug-likeness (QED) is 0.238. The van der Waals surface area contributed by atoms with Crippen molar-refractivity contribution in [1.82, 2.24) is 34.8 Å². The van der Waals surface area contributed by atoms with Gasteiger partial charge in [-0.05, 0) is 31.1 Å². The number of ether oxygens (including phenoxy) is 1. The summed E-state index contributed by atoms with van der Waals surface area (Å²) in [5.74, 6) is 1.46. The van der Waals surface area contributed by atoms with Crippen molar-refractivity contribution in [3.8, 4) is 11.4 Å². The van der Waals surface area contributed by atoms with Crippen LogP contribution >= 0.6 is 0 Å². The maximum absolute atomic E-state index is 12.0. The van der Waals surface area contributed by atoms with Crippen molar-refractivity contribution in [2.75, 3.05) is 17.7 Å². The van der Waals surface area contributed by atoms with Crippen LogP contribution in [-0.4, -0.2) is 49.2 Å². The summed E-state index contributed by atoms with van der Waals surface area (Å²) in [5.41, 5.74) is 2.88. The van der Waals surface area contributed by atoms with Gasteiger partial charge >= 0.3 is 6.03 Å². The normalized spacial score (nSPS) is 16.4. The number of imidazole rings is 1. The second-order valence-corrected chi connectivity index (χ2v) is 8.23. The number of hydrogen-bond donors (Lipinski definition) is 4. The predicted molar refractivity (Wildman–Crippen MR) is 128 cm³/mol. The molecule has 0 unspecified atom stereocenters. The lowest BCUT2D eigenvalue weighted by molar-refractivity contribution is -0.115. The minimum absolute atomic E-state index is 0.138. The third-order valence-electron chi connectivity index (χ3n) is 5.70. The van der Waals surface area contributed by atoms with Gasteiger partial charge in [-0.3, -0.25) is 10.1 Å². The van der Waals surface area contributed by atoms with Crippen LogP contribution in [0.5, 0.6) is 5.75 Å². The number of anilines is 3. The average Bonchev–Trinajstić information content (AvgIpc) is 3.20. The van der Waals surface area contributed by atoms with E-state index in [0.717, 1.165) is 30.0 Å². The van der Waals surface area contributed by atoms with Crippen LogP contribution in [-0.2, 0) is 4.79 Å². The Hall–Kier alpha value is -4.87. The monoisotopic (exact) mass is 471 g/mol. The Morgan fingerprint density at radius 3 is 2.80 bits per heavy atom. The summed E-state index contributed by atoms with van der Waals surface area (Å²) in [4.78, 5) is 32.3. The topological polar surface area (TPSA) is 140 Å². The highest BCUT2D eigenvalue weighted by atomic mass is 16.5. The molecule has 2 aliphatic rings. The fraction of sp³-hybridized carbons (Fsp3) is 0.174. The van der Waals surface area contributed by atoms with Gasteiger partial charge in [0.25, 0.3) is 5.91 Å². The van der Waals surface area contributed by atoms with Crippen molar-refractivity contribution < 1.29 is 14.3 Å². The van der Waals surface area contributed by atoms with E-state index in [1.54, 1.807) is 36.4 Å². The van der Waals surface area contributed by atoms with E-state index in [4.69, 9.17) is 9.72 Å². The van der Waals surface area contributed by atoms with E-state index in [1.165, 1.54) is 0 Å². The number of urea groups is 1. The van der Waals surface area contributed by atoms with Crippen LogP contribution < -0.4 is 26.0 Å². The fourth-order valence-electron chi connectivity index (χ4n) is 3.82. The zero-order valence-electron chi connectivity index (χ0n) is 18.6. The van der Waals surface area contributed by atoms with Crippen LogP contribution in [0.3, 0.4) is 0 Å². The molecule has 1 saturated heterocycles. The van der Waals surface area contributed by atoms with Crippen LogP contribution in [0.2, 0.25) is 0 Å². The van der Waals surface area contributed by atoms with E-state index >= 15 is 0 Å². The van der Waals surface area contributed by atoms with E-state index in [-0.39, 0.29) is 5.70 Å². The minimum Gasteiger partial charge on any atom is -0.494 e. The first-order valence-corrected chi connectivity index (χ1v) is 11.0. The molecule has 1 aliphatic heterocycles. The van der Waals surface area contributed by atoms with Gasteiger partial charge in [-0.2, -0.15) is 9.61 Å². The number of methoxy groups -OCH3 is 1. The van der Waals surface area contributed by atoms with Gasteiger partial charge in [-0.25, -0.2) is 14.8 Å². The standard InChI is InChI=1S/C23H21N9O3/c1-35-18-9-15(31-7-6-24-12-31)4-5-16(18)27-19-10-20(26-14-2-3-14)32-21(29-19)13(11-25-32)8-17-22(33)30-23(34)28-17/h4-12,14,26H,2-3H2,1H3,(H,27,29)(H2,28,30,33,34)/b17-8-. The molecular weight excluding hydrogens is 450 g/mol. The summed E-state index contributed by atoms with van der Waals surface area (Å²) in [6, 6.07) is 7.46. The van der Waals surface area contributed by atoms with Crippen molar-refractivity contribution in [2.24, 2.45) is 0 Å². The van der Waals surface area contributed by atoms with Crippen molar-refractivity contribution >= 4 is 41.0 Å². The summed E-state index contributed by atoms with van der Waals surface area (Å²) in [5, 5.41) is 15.9. The number of rotatable bonds is 7. The Balaban J connectivity index is 1.39. The summed E-state index contributed by atoms with van der Waals surface area (Å²) in [6.45, 7) is 0. The van der Waals surface area contributed by atoms with Crippen LogP contribution in [0.1, 0.15) is 18.4 Å². The summed E-state index contributed by atoms with van der Waals surface area (Å²) in [6.07, 6.45) is 10.6. The Labute approximate surface area is 199 Å². The number of aromatic nitrogens is 5. The summed E-state index contributed by atoms with van der Waals surface area (Å²) >= 11 is 0. The van der Waals surface area contributed by atoms with Gasteiger partial charge in [0.1, 0.15) is 23.1 Å². The first-order chi connectivity index (χ1) is 17.1. The van der Waals surface area contributed by atoms with Crippen LogP contribution in [0.4, 0.5) is 22.1 Å². The molecule has 4 heterocycles. The molecule has 3 aromatic heterocycles. The van der Waals surface area contributed by atoms with Crippen molar-refractivity contribution in [3.63, 3.8) is 0 Å². The van der Waals surface area contributed by atoms with Crippen molar-refractivity contribution in [3.05, 3.63) is 60.4 Å². The Bertz CT molecular complexity index is 1490. The zero-order chi connectivity index (χ0) is 23.9. The highest BCUT2D eigenvalue weighted by Gasteiger charge is 2.25. The smallest absolute Gasteiger partial charge is 0.326 e. The fourth-order valence-corrected chi connectivity index (χ4v) is 3.82. The molecule has 6 rings (SSSR count). The first-order valence-electron chi connectivity index (χ1n) is 11.0. The summed E-state index contributed by atoms with van der Waals surface area (Å²) < 4.78 is 9.19. The molecule has 1 saturated carbocycles. The first kappa shape index (κ1) is 20.7. The number of benzene rings is 1. The molecular formula is C23H21N9O3. The van der Waals surface area contributed by atoms with Crippen LogP contribution in [0.15, 0.2) is 54.9 Å². The molecule has 0 atom stereocenters. The second kappa shape index (κ2) is 8.17. The number of hydrogen-bond acceptors (Lipinski definition) is 8. The Morgan fingerprint density at radius 1 is 1.20 bits per heavy atom. The Morgan fingerprint density at radius 2 is 2.09 bits per heavy atom. The number of imide groups is 1. The Kier molecular flexibility index (Phi) is 4.83. The van der Waals surface area contributed by atoms with E-state index in [9.17, 15) is 9.59 Å². The third kappa shape index (κ3) is 4.01. The lowest BCUT2D eigenvalue weighted by Crippen LogP contribution is -2.22. The lowest BCUT2D eigenvalue weighted by Gasteiger charge is -2.15. The van der Waals surface area contributed by atoms with Crippen LogP contribution in [0.25, 0.3) is 17.4 Å². The van der Waals surface area contributed by atoms with E-state index in [1.807, 2.05) is 35.0 Å². The highest BCUT2D eigenvalue weighted by Crippen LogP contribution is 2.32. The van der Waals surface area contributed by atoms with Gasteiger partial charge in [-0.1, -0.05) is 0 Å². The molecule has 0 radical (unpaired) electrons. The molecule has 4 N–H and O–H groups in total. The number of fused-ring (bicyclic) bond motifs is 1. The molecule has 2 fully saturated rings. The average molecular weight is 471 g/mol. The van der Waals surface area contributed by atoms with Gasteiger partial charge in [0, 0.05) is 36.1 Å². The molecule has 12 heteroatoms. The maximum Gasteiger partial charge on any atom is 0.326 e. The number of amides is 3. The van der Waals surface area contributed by atoms with Gasteiger partial charge in [0.05, 0.1) is 31.0 Å². The van der Waals surface area contributed by atoms with E-state index < -0.39 is 11.9 Å². The number of carbonyl (C=O) groups is 2. The zero-order valence-corrected chi connectivity index (χ0v) is 18.6. The largest absolute Gasteiger partial charge is 0.494 e. The van der Waals surface area contributed by atoms with E-state index in [0.29, 0.717) is 28.8 Å². The van der Waals surface area contributed by atoms with Gasteiger partial charge in [-0.15, -0.1) is 0 Å². The predicted octanol–water partition coefficient (Wildman–Crippen LogP) is 2.42. The number of nitrogens with one attached hydrogen (secondary N) is 4. The molecule has 3 amide bonds. The molecule has 35 heavy (non-hydrogen) atoms. The molecule has 1 aromatic carbocycles. The van der Waals surface area contributed by atoms with Crippen molar-refractivity contribution in [2.45, 2.75) is 18.9 Å².